The van der Waals surface area contributed by atoms with Gasteiger partial charge in [-0.15, -0.1) is 9.66 Å². The monoisotopic (exact) mass is 166 g/mol. The highest BCUT2D eigenvalue weighted by atomic mass is 32.2. The molecule has 0 bridgehead atoms. The Balaban J connectivity index is 3.24. The summed E-state index contributed by atoms with van der Waals surface area (Å²) in [6, 6.07) is 0. The number of hydrogen-bond acceptors (Lipinski definition) is 3. The first kappa shape index (κ1) is 9.01. The van der Waals surface area contributed by atoms with Gasteiger partial charge in [-0.2, -0.15) is 0 Å². The molecule has 0 rings (SSSR count). The minimum atomic E-state index is -1.70. The number of hydrogen-bond donors (Lipinski definition) is 4. The zero-order valence-electron chi connectivity index (χ0n) is 4.79. The van der Waals surface area contributed by atoms with E-state index in [9.17, 15) is 13.8 Å². The van der Waals surface area contributed by atoms with Crippen LogP contribution in [0.4, 0.5) is 0 Å². The Morgan fingerprint density at radius 2 is 1.40 bits per heavy atom. The predicted octanol–water partition coefficient (Wildman–Crippen LogP) is -2.93. The smallest absolute Gasteiger partial charge is 0.222 e. The molecule has 0 atom stereocenters. The van der Waals surface area contributed by atoms with Gasteiger partial charge in [0.25, 0.3) is 0 Å². The standard InChI is InChI=1S/C2H6N4O3S/c7-1-3-5-10(9)6-4-2-8/h1-2,5-6H,(H,3,7)(H,4,8). The van der Waals surface area contributed by atoms with Crippen molar-refractivity contribution < 1.29 is 13.8 Å². The number of rotatable bonds is 6. The molecular formula is C2H6N4O3S. The minimum absolute atomic E-state index is 0.306. The normalized spacial score (nSPS) is 8.90. The van der Waals surface area contributed by atoms with Gasteiger partial charge in [0.1, 0.15) is 0 Å². The van der Waals surface area contributed by atoms with Crippen molar-refractivity contribution in [1.29, 1.82) is 0 Å². The molecule has 10 heavy (non-hydrogen) atoms. The van der Waals surface area contributed by atoms with Crippen molar-refractivity contribution in [3.05, 3.63) is 0 Å². The molecule has 4 N–H and O–H groups in total. The Labute approximate surface area is 59.2 Å². The van der Waals surface area contributed by atoms with E-state index >= 15 is 0 Å². The zero-order valence-corrected chi connectivity index (χ0v) is 5.60. The minimum Gasteiger partial charge on any atom is -0.281 e. The molecule has 58 valence electrons. The number of amides is 2. The molecule has 7 nitrogen and oxygen atoms in total. The van der Waals surface area contributed by atoms with E-state index in [1.54, 1.807) is 0 Å². The van der Waals surface area contributed by atoms with Gasteiger partial charge in [0.15, 0.2) is 0 Å². The highest BCUT2D eigenvalue weighted by Gasteiger charge is 1.91. The van der Waals surface area contributed by atoms with Gasteiger partial charge in [0.2, 0.25) is 24.0 Å². The number of carbonyl (C=O) groups excluding carboxylic acids is 2. The Morgan fingerprint density at radius 3 is 1.70 bits per heavy atom. The summed E-state index contributed by atoms with van der Waals surface area (Å²) in [6.45, 7) is 0. The summed E-state index contributed by atoms with van der Waals surface area (Å²) in [5, 5.41) is 0. The van der Waals surface area contributed by atoms with Crippen LogP contribution in [-0.4, -0.2) is 17.0 Å². The van der Waals surface area contributed by atoms with Gasteiger partial charge < -0.3 is 0 Å². The van der Waals surface area contributed by atoms with Crippen LogP contribution in [-0.2, 0) is 20.8 Å². The molecule has 0 unspecified atom stereocenters. The number of hydrazine groups is 2. The van der Waals surface area contributed by atoms with Crippen LogP contribution < -0.4 is 20.5 Å². The van der Waals surface area contributed by atoms with Crippen LogP contribution in [0.1, 0.15) is 0 Å². The molecule has 0 heterocycles. The number of carbonyl (C=O) groups is 2. The maximum Gasteiger partial charge on any atom is 0.222 e. The van der Waals surface area contributed by atoms with Crippen LogP contribution in [0, 0.1) is 0 Å². The zero-order chi connectivity index (χ0) is 7.82. The maximum absolute atomic E-state index is 10.4. The van der Waals surface area contributed by atoms with E-state index in [1.807, 2.05) is 20.5 Å². The van der Waals surface area contributed by atoms with Gasteiger partial charge >= 0.3 is 0 Å². The molecule has 0 aromatic heterocycles. The SMILES string of the molecule is O=CNNS(=O)NNC=O. The molecule has 0 fully saturated rings. The van der Waals surface area contributed by atoms with E-state index in [4.69, 9.17) is 0 Å². The first-order valence-electron chi connectivity index (χ1n) is 2.12. The summed E-state index contributed by atoms with van der Waals surface area (Å²) in [4.78, 5) is 23.1. The molecule has 0 aliphatic carbocycles. The topological polar surface area (TPSA) is 99.3 Å². The van der Waals surface area contributed by atoms with Crippen LogP contribution in [0.15, 0.2) is 0 Å². The van der Waals surface area contributed by atoms with Gasteiger partial charge in [0.05, 0.1) is 0 Å². The summed E-state index contributed by atoms with van der Waals surface area (Å²) >= 11 is -1.70. The van der Waals surface area contributed by atoms with Crippen molar-refractivity contribution in [3.8, 4) is 0 Å². The van der Waals surface area contributed by atoms with Crippen LogP contribution in [0.25, 0.3) is 0 Å². The van der Waals surface area contributed by atoms with Gasteiger partial charge in [-0.05, 0) is 0 Å². The van der Waals surface area contributed by atoms with Crippen LogP contribution in [0.5, 0.6) is 0 Å². The summed E-state index contributed by atoms with van der Waals surface area (Å²) in [7, 11) is 0. The predicted molar refractivity (Wildman–Crippen MR) is 32.8 cm³/mol. The lowest BCUT2D eigenvalue weighted by Crippen LogP contribution is -2.44. The van der Waals surface area contributed by atoms with Crippen molar-refractivity contribution in [2.75, 3.05) is 0 Å². The molecule has 0 spiro atoms. The molecule has 8 heteroatoms. The molecule has 0 saturated heterocycles. The Hall–Kier alpha value is -0.990. The first-order chi connectivity index (χ1) is 4.81. The van der Waals surface area contributed by atoms with Crippen LogP contribution in [0.3, 0.4) is 0 Å². The van der Waals surface area contributed by atoms with Crippen molar-refractivity contribution in [2.24, 2.45) is 0 Å². The Kier molecular flexibility index (Phi) is 5.53. The van der Waals surface area contributed by atoms with E-state index in [2.05, 4.69) is 0 Å². The van der Waals surface area contributed by atoms with Crippen molar-refractivity contribution in [1.82, 2.24) is 20.5 Å². The quantitative estimate of drug-likeness (QED) is 0.251. The third-order valence-corrected chi connectivity index (χ3v) is 1.03. The number of nitrogens with one attached hydrogen (secondary N) is 4. The van der Waals surface area contributed by atoms with E-state index in [-0.39, 0.29) is 0 Å². The fourth-order valence-corrected chi connectivity index (χ4v) is 0.542. The fourth-order valence-electron chi connectivity index (χ4n) is 0.181. The lowest BCUT2D eigenvalue weighted by atomic mass is 11.4. The first-order valence-corrected chi connectivity index (χ1v) is 3.27. The van der Waals surface area contributed by atoms with E-state index in [0.717, 1.165) is 0 Å². The summed E-state index contributed by atoms with van der Waals surface area (Å²) in [5.74, 6) is 0. The van der Waals surface area contributed by atoms with E-state index in [1.165, 1.54) is 0 Å². The summed E-state index contributed by atoms with van der Waals surface area (Å²) in [6.07, 6.45) is 0.612. The average Bonchev–Trinajstić information content (AvgIpc) is 1.97. The second kappa shape index (κ2) is 6.13. The van der Waals surface area contributed by atoms with Crippen LogP contribution >= 0.6 is 0 Å². The lowest BCUT2D eigenvalue weighted by Gasteiger charge is -2.00. The highest BCUT2D eigenvalue weighted by Crippen LogP contribution is 1.53. The molecule has 0 aromatic carbocycles. The summed E-state index contributed by atoms with van der Waals surface area (Å²) < 4.78 is 10.4. The van der Waals surface area contributed by atoms with Crippen molar-refractivity contribution in [2.45, 2.75) is 0 Å². The van der Waals surface area contributed by atoms with Gasteiger partial charge in [0, 0.05) is 0 Å². The lowest BCUT2D eigenvalue weighted by molar-refractivity contribution is -0.110. The van der Waals surface area contributed by atoms with Crippen molar-refractivity contribution in [3.63, 3.8) is 0 Å². The second-order valence-corrected chi connectivity index (χ2v) is 1.94. The van der Waals surface area contributed by atoms with Gasteiger partial charge in [-0.1, -0.05) is 0 Å². The van der Waals surface area contributed by atoms with E-state index in [0.29, 0.717) is 12.8 Å². The Bertz CT molecular complexity index is 124. The molecule has 0 aliphatic rings. The maximum atomic E-state index is 10.4. The molecule has 0 aromatic rings. The Morgan fingerprint density at radius 1 is 1.00 bits per heavy atom. The molecular weight excluding hydrogens is 160 g/mol. The van der Waals surface area contributed by atoms with Crippen LogP contribution in [0.2, 0.25) is 0 Å². The highest BCUT2D eigenvalue weighted by molar-refractivity contribution is 7.80. The summed E-state index contributed by atoms with van der Waals surface area (Å²) in [5.41, 5.74) is 3.82. The average molecular weight is 166 g/mol. The van der Waals surface area contributed by atoms with E-state index < -0.39 is 11.2 Å². The third-order valence-electron chi connectivity index (χ3n) is 0.421. The molecule has 0 aliphatic heterocycles. The molecule has 2 amide bonds. The fraction of sp³-hybridized carbons (Fsp3) is 0. The largest absolute Gasteiger partial charge is 0.281 e. The van der Waals surface area contributed by atoms with Crippen molar-refractivity contribution >= 4 is 24.0 Å². The second-order valence-electron chi connectivity index (χ2n) is 0.997. The van der Waals surface area contributed by atoms with Gasteiger partial charge in [-0.3, -0.25) is 20.4 Å². The molecule has 0 saturated carbocycles. The molecule has 0 radical (unpaired) electrons. The van der Waals surface area contributed by atoms with Gasteiger partial charge in [-0.25, -0.2) is 4.21 Å². The third kappa shape index (κ3) is 5.15.